The number of hydrogen-bond donors (Lipinski definition) is 1. The fraction of sp³-hybridized carbons (Fsp3) is 0.350. The van der Waals surface area contributed by atoms with E-state index in [1.54, 1.807) is 12.1 Å². The maximum absolute atomic E-state index is 12.1. The number of anilines is 1. The summed E-state index contributed by atoms with van der Waals surface area (Å²) in [5.41, 5.74) is 1.40. The number of halogens is 2. The normalized spacial score (nSPS) is 11.2. The number of sulfonamides is 1. The van der Waals surface area contributed by atoms with Crippen LogP contribution in [0.4, 0.5) is 5.69 Å². The summed E-state index contributed by atoms with van der Waals surface area (Å²) in [6, 6.07) is 12.3. The summed E-state index contributed by atoms with van der Waals surface area (Å²) in [5.74, 6) is 0.574. The number of carbonyl (C=O) groups excluding carboxylic acids is 1. The van der Waals surface area contributed by atoms with E-state index in [4.69, 9.17) is 27.9 Å². The molecule has 0 unspecified atom stereocenters. The minimum absolute atomic E-state index is 0.117. The number of carbonyl (C=O) groups is 1. The Morgan fingerprint density at radius 3 is 2.62 bits per heavy atom. The molecule has 29 heavy (non-hydrogen) atoms. The van der Waals surface area contributed by atoms with Crippen molar-refractivity contribution >= 4 is 44.8 Å². The molecule has 0 saturated carbocycles. The van der Waals surface area contributed by atoms with E-state index in [1.165, 1.54) is 6.07 Å². The van der Waals surface area contributed by atoms with Gasteiger partial charge in [0.25, 0.3) is 0 Å². The molecule has 0 bridgehead atoms. The van der Waals surface area contributed by atoms with Crippen LogP contribution in [0.1, 0.15) is 18.4 Å². The zero-order chi connectivity index (χ0) is 21.4. The molecule has 0 atom stereocenters. The molecule has 158 valence electrons. The summed E-state index contributed by atoms with van der Waals surface area (Å²) in [4.78, 5) is 12.0. The Balaban J connectivity index is 1.80. The SMILES string of the molecule is Cc1cccc(OCCNC(=O)CCCN(c2cc(Cl)ccc2Cl)S(C)(=O)=O)c1. The van der Waals surface area contributed by atoms with Crippen LogP contribution in [0.25, 0.3) is 0 Å². The minimum atomic E-state index is -3.57. The van der Waals surface area contributed by atoms with Crippen LogP contribution in [-0.4, -0.2) is 40.3 Å². The second kappa shape index (κ2) is 10.7. The van der Waals surface area contributed by atoms with Crippen molar-refractivity contribution in [2.75, 3.05) is 30.3 Å². The predicted molar refractivity (Wildman–Crippen MR) is 118 cm³/mol. The Bertz CT molecular complexity index is 951. The van der Waals surface area contributed by atoms with Crippen LogP contribution >= 0.6 is 23.2 Å². The predicted octanol–water partition coefficient (Wildman–Crippen LogP) is 4.04. The van der Waals surface area contributed by atoms with Crippen molar-refractivity contribution in [2.45, 2.75) is 19.8 Å². The highest BCUT2D eigenvalue weighted by atomic mass is 35.5. The minimum Gasteiger partial charge on any atom is -0.492 e. The van der Waals surface area contributed by atoms with E-state index >= 15 is 0 Å². The molecule has 1 amide bonds. The molecule has 0 radical (unpaired) electrons. The van der Waals surface area contributed by atoms with Gasteiger partial charge in [-0.2, -0.15) is 0 Å². The van der Waals surface area contributed by atoms with Crippen LogP contribution in [0.15, 0.2) is 42.5 Å². The number of rotatable bonds is 10. The van der Waals surface area contributed by atoms with Gasteiger partial charge in [-0.1, -0.05) is 35.3 Å². The zero-order valence-electron chi connectivity index (χ0n) is 16.3. The van der Waals surface area contributed by atoms with Gasteiger partial charge in [0.2, 0.25) is 15.9 Å². The lowest BCUT2D eigenvalue weighted by Gasteiger charge is -2.23. The van der Waals surface area contributed by atoms with Crippen molar-refractivity contribution in [3.8, 4) is 5.75 Å². The van der Waals surface area contributed by atoms with Crippen LogP contribution in [0.5, 0.6) is 5.75 Å². The van der Waals surface area contributed by atoms with E-state index in [0.29, 0.717) is 30.3 Å². The van der Waals surface area contributed by atoms with Gasteiger partial charge in [-0.25, -0.2) is 8.42 Å². The molecular formula is C20H24Cl2N2O4S. The molecule has 0 spiro atoms. The fourth-order valence-corrected chi connectivity index (χ4v) is 4.08. The van der Waals surface area contributed by atoms with Crippen molar-refractivity contribution < 1.29 is 17.9 Å². The topological polar surface area (TPSA) is 75.7 Å². The van der Waals surface area contributed by atoms with Gasteiger partial charge in [-0.05, 0) is 49.2 Å². The van der Waals surface area contributed by atoms with Crippen molar-refractivity contribution in [2.24, 2.45) is 0 Å². The molecule has 2 aromatic carbocycles. The zero-order valence-corrected chi connectivity index (χ0v) is 18.6. The van der Waals surface area contributed by atoms with E-state index in [-0.39, 0.29) is 23.9 Å². The number of nitrogens with one attached hydrogen (secondary N) is 1. The number of benzene rings is 2. The van der Waals surface area contributed by atoms with Crippen molar-refractivity contribution in [1.82, 2.24) is 5.32 Å². The first-order chi connectivity index (χ1) is 13.7. The third-order valence-electron chi connectivity index (χ3n) is 4.02. The smallest absolute Gasteiger partial charge is 0.232 e. The molecule has 9 heteroatoms. The van der Waals surface area contributed by atoms with Gasteiger partial charge in [-0.15, -0.1) is 0 Å². The Morgan fingerprint density at radius 2 is 1.93 bits per heavy atom. The average Bonchev–Trinajstić information content (AvgIpc) is 2.64. The molecule has 2 rings (SSSR count). The lowest BCUT2D eigenvalue weighted by molar-refractivity contribution is -0.121. The molecule has 6 nitrogen and oxygen atoms in total. The van der Waals surface area contributed by atoms with Crippen molar-refractivity contribution in [3.05, 3.63) is 58.1 Å². The lowest BCUT2D eigenvalue weighted by Crippen LogP contribution is -2.33. The Hall–Kier alpha value is -1.96. The lowest BCUT2D eigenvalue weighted by atomic mass is 10.2. The third kappa shape index (κ3) is 7.76. The molecule has 0 aliphatic heterocycles. The highest BCUT2D eigenvalue weighted by Gasteiger charge is 2.20. The van der Waals surface area contributed by atoms with E-state index in [1.807, 2.05) is 31.2 Å². The Labute approximate surface area is 181 Å². The van der Waals surface area contributed by atoms with Crippen LogP contribution in [-0.2, 0) is 14.8 Å². The van der Waals surface area contributed by atoms with Crippen LogP contribution in [0.2, 0.25) is 10.0 Å². The second-order valence-corrected chi connectivity index (χ2v) is 9.30. The maximum atomic E-state index is 12.1. The van der Waals surface area contributed by atoms with Crippen molar-refractivity contribution in [3.63, 3.8) is 0 Å². The van der Waals surface area contributed by atoms with Crippen LogP contribution in [0.3, 0.4) is 0 Å². The van der Waals surface area contributed by atoms with Crippen LogP contribution < -0.4 is 14.4 Å². The van der Waals surface area contributed by atoms with E-state index < -0.39 is 10.0 Å². The van der Waals surface area contributed by atoms with E-state index in [2.05, 4.69) is 5.32 Å². The van der Waals surface area contributed by atoms with Gasteiger partial charge in [0.1, 0.15) is 12.4 Å². The van der Waals surface area contributed by atoms with Gasteiger partial charge < -0.3 is 10.1 Å². The number of amides is 1. The molecule has 0 fully saturated rings. The number of aryl methyl sites for hydroxylation is 1. The largest absolute Gasteiger partial charge is 0.492 e. The summed E-state index contributed by atoms with van der Waals surface area (Å²) in [6.45, 7) is 2.81. The Kier molecular flexibility index (Phi) is 8.61. The molecule has 0 aromatic heterocycles. The quantitative estimate of drug-likeness (QED) is 0.544. The summed E-state index contributed by atoms with van der Waals surface area (Å²) >= 11 is 12.1. The van der Waals surface area contributed by atoms with Gasteiger partial charge >= 0.3 is 0 Å². The second-order valence-electron chi connectivity index (χ2n) is 6.55. The van der Waals surface area contributed by atoms with Gasteiger partial charge in [0.05, 0.1) is 23.5 Å². The summed E-state index contributed by atoms with van der Waals surface area (Å²) in [7, 11) is -3.57. The van der Waals surface area contributed by atoms with Gasteiger partial charge in [0.15, 0.2) is 0 Å². The highest BCUT2D eigenvalue weighted by Crippen LogP contribution is 2.30. The van der Waals surface area contributed by atoms with E-state index in [9.17, 15) is 13.2 Å². The molecule has 1 N–H and O–H groups in total. The Morgan fingerprint density at radius 1 is 1.17 bits per heavy atom. The fourth-order valence-electron chi connectivity index (χ4n) is 2.68. The molecular weight excluding hydrogens is 435 g/mol. The molecule has 0 aliphatic carbocycles. The maximum Gasteiger partial charge on any atom is 0.232 e. The molecule has 2 aromatic rings. The summed E-state index contributed by atoms with van der Waals surface area (Å²) in [5, 5.41) is 3.42. The first-order valence-electron chi connectivity index (χ1n) is 9.06. The third-order valence-corrected chi connectivity index (χ3v) is 5.76. The average molecular weight is 459 g/mol. The first-order valence-corrected chi connectivity index (χ1v) is 11.7. The number of nitrogens with zero attached hydrogens (tertiary/aromatic N) is 1. The van der Waals surface area contributed by atoms with E-state index in [0.717, 1.165) is 21.9 Å². The summed E-state index contributed by atoms with van der Waals surface area (Å²) in [6.07, 6.45) is 1.60. The first kappa shape index (κ1) is 23.3. The van der Waals surface area contributed by atoms with Gasteiger partial charge in [-0.3, -0.25) is 9.10 Å². The highest BCUT2D eigenvalue weighted by molar-refractivity contribution is 7.92. The monoisotopic (exact) mass is 458 g/mol. The molecule has 0 aliphatic rings. The molecule has 0 saturated heterocycles. The van der Waals surface area contributed by atoms with Crippen LogP contribution in [0, 0.1) is 6.92 Å². The van der Waals surface area contributed by atoms with Gasteiger partial charge in [0, 0.05) is 18.0 Å². The summed E-state index contributed by atoms with van der Waals surface area (Å²) < 4.78 is 31.0. The number of hydrogen-bond acceptors (Lipinski definition) is 4. The van der Waals surface area contributed by atoms with Crippen molar-refractivity contribution in [1.29, 1.82) is 0 Å². The molecule has 0 heterocycles. The number of ether oxygens (including phenoxy) is 1. The standard InChI is InChI=1S/C20H24Cl2N2O4S/c1-15-5-3-6-17(13-15)28-12-10-23-20(25)7-4-11-24(29(2,26)27)19-14-16(21)8-9-18(19)22/h3,5-6,8-9,13-14H,4,7,10-12H2,1-2H3,(H,23,25).